The van der Waals surface area contributed by atoms with Gasteiger partial charge in [-0.2, -0.15) is 4.31 Å². The molecule has 2 aliphatic heterocycles. The van der Waals surface area contributed by atoms with Gasteiger partial charge in [0.25, 0.3) is 0 Å². The van der Waals surface area contributed by atoms with Crippen LogP contribution in [-0.4, -0.2) is 39.2 Å². The van der Waals surface area contributed by atoms with Crippen LogP contribution in [0.25, 0.3) is 0 Å². The molecule has 8 heteroatoms. The SMILES string of the molecule is O=S(=O)(c1ccc2c(c1)OCO2)N1CCOC(c2ccc(Cl)cc2)C1. The van der Waals surface area contributed by atoms with Crippen molar-refractivity contribution in [3.8, 4) is 11.5 Å². The molecule has 0 radical (unpaired) electrons. The lowest BCUT2D eigenvalue weighted by Gasteiger charge is -2.32. The Labute approximate surface area is 150 Å². The van der Waals surface area contributed by atoms with Gasteiger partial charge in [-0.05, 0) is 29.8 Å². The maximum absolute atomic E-state index is 13.0. The molecule has 1 fully saturated rings. The van der Waals surface area contributed by atoms with Crippen molar-refractivity contribution in [2.75, 3.05) is 26.5 Å². The first-order valence-electron chi connectivity index (χ1n) is 7.81. The predicted octanol–water partition coefficient (Wildman–Crippen LogP) is 2.83. The van der Waals surface area contributed by atoms with Crippen LogP contribution in [0.4, 0.5) is 0 Å². The van der Waals surface area contributed by atoms with Crippen LogP contribution in [0.2, 0.25) is 5.02 Å². The molecule has 0 N–H and O–H groups in total. The smallest absolute Gasteiger partial charge is 0.243 e. The third-order valence-corrected chi connectivity index (χ3v) is 6.37. The molecular weight excluding hydrogens is 366 g/mol. The van der Waals surface area contributed by atoms with E-state index in [1.807, 2.05) is 12.1 Å². The molecule has 1 saturated heterocycles. The molecule has 0 bridgehead atoms. The van der Waals surface area contributed by atoms with Crippen molar-refractivity contribution in [3.63, 3.8) is 0 Å². The number of benzene rings is 2. The number of rotatable bonds is 3. The number of hydrogen-bond donors (Lipinski definition) is 0. The Hall–Kier alpha value is -1.80. The molecule has 0 aliphatic carbocycles. The van der Waals surface area contributed by atoms with E-state index in [2.05, 4.69) is 0 Å². The van der Waals surface area contributed by atoms with Crippen LogP contribution in [0.5, 0.6) is 11.5 Å². The van der Waals surface area contributed by atoms with Gasteiger partial charge in [-0.25, -0.2) is 8.42 Å². The minimum Gasteiger partial charge on any atom is -0.454 e. The lowest BCUT2D eigenvalue weighted by atomic mass is 10.1. The van der Waals surface area contributed by atoms with Gasteiger partial charge in [0.15, 0.2) is 11.5 Å². The van der Waals surface area contributed by atoms with Crippen molar-refractivity contribution >= 4 is 21.6 Å². The fourth-order valence-corrected chi connectivity index (χ4v) is 4.48. The number of hydrogen-bond acceptors (Lipinski definition) is 5. The molecule has 1 unspecified atom stereocenters. The Morgan fingerprint density at radius 1 is 1.04 bits per heavy atom. The Morgan fingerprint density at radius 3 is 2.60 bits per heavy atom. The molecule has 2 heterocycles. The highest BCUT2D eigenvalue weighted by Crippen LogP contribution is 2.35. The summed E-state index contributed by atoms with van der Waals surface area (Å²) in [6.45, 7) is 0.991. The normalized spacial score (nSPS) is 20.6. The topological polar surface area (TPSA) is 65.1 Å². The lowest BCUT2D eigenvalue weighted by Crippen LogP contribution is -2.42. The Balaban J connectivity index is 1.58. The second-order valence-electron chi connectivity index (χ2n) is 5.79. The summed E-state index contributed by atoms with van der Waals surface area (Å²) in [5.41, 5.74) is 0.898. The van der Waals surface area contributed by atoms with Crippen molar-refractivity contribution in [1.82, 2.24) is 4.31 Å². The van der Waals surface area contributed by atoms with Gasteiger partial charge in [0.05, 0.1) is 17.6 Å². The molecule has 2 aromatic rings. The van der Waals surface area contributed by atoms with Gasteiger partial charge >= 0.3 is 0 Å². The molecule has 2 aromatic carbocycles. The number of morpholine rings is 1. The molecule has 0 spiro atoms. The minimum absolute atomic E-state index is 0.106. The Kier molecular flexibility index (Phi) is 4.33. The fraction of sp³-hybridized carbons (Fsp3) is 0.294. The summed E-state index contributed by atoms with van der Waals surface area (Å²) in [5.74, 6) is 1.00. The van der Waals surface area contributed by atoms with E-state index in [-0.39, 0.29) is 24.3 Å². The van der Waals surface area contributed by atoms with E-state index in [0.717, 1.165) is 5.56 Å². The number of fused-ring (bicyclic) bond motifs is 1. The maximum Gasteiger partial charge on any atom is 0.243 e. The number of sulfonamides is 1. The van der Waals surface area contributed by atoms with Crippen LogP contribution < -0.4 is 9.47 Å². The summed E-state index contributed by atoms with van der Waals surface area (Å²) in [6, 6.07) is 11.9. The molecule has 4 rings (SSSR count). The molecule has 0 amide bonds. The third kappa shape index (κ3) is 3.20. The summed E-state index contributed by atoms with van der Waals surface area (Å²) in [4.78, 5) is 0.188. The van der Waals surface area contributed by atoms with Gasteiger partial charge in [-0.15, -0.1) is 0 Å². The fourth-order valence-electron chi connectivity index (χ4n) is 2.91. The van der Waals surface area contributed by atoms with Crippen LogP contribution in [0.3, 0.4) is 0 Å². The van der Waals surface area contributed by atoms with Crippen LogP contribution in [-0.2, 0) is 14.8 Å². The van der Waals surface area contributed by atoms with Crippen molar-refractivity contribution in [2.24, 2.45) is 0 Å². The summed E-state index contributed by atoms with van der Waals surface area (Å²) >= 11 is 5.91. The first-order chi connectivity index (χ1) is 12.0. The van der Waals surface area contributed by atoms with E-state index in [9.17, 15) is 8.42 Å². The highest BCUT2D eigenvalue weighted by Gasteiger charge is 2.32. The Morgan fingerprint density at radius 2 is 1.80 bits per heavy atom. The number of nitrogens with zero attached hydrogens (tertiary/aromatic N) is 1. The molecule has 0 aromatic heterocycles. The highest BCUT2D eigenvalue weighted by molar-refractivity contribution is 7.89. The lowest BCUT2D eigenvalue weighted by molar-refractivity contribution is -0.00255. The minimum atomic E-state index is -3.64. The van der Waals surface area contributed by atoms with E-state index < -0.39 is 10.0 Å². The second-order valence-corrected chi connectivity index (χ2v) is 8.16. The average Bonchev–Trinajstić information content (AvgIpc) is 3.10. The van der Waals surface area contributed by atoms with Crippen LogP contribution in [0.1, 0.15) is 11.7 Å². The Bertz CT molecular complexity index is 884. The van der Waals surface area contributed by atoms with E-state index in [1.165, 1.54) is 16.4 Å². The predicted molar refractivity (Wildman–Crippen MR) is 91.5 cm³/mol. The van der Waals surface area contributed by atoms with Crippen LogP contribution in [0, 0.1) is 0 Å². The van der Waals surface area contributed by atoms with Crippen molar-refractivity contribution in [1.29, 1.82) is 0 Å². The van der Waals surface area contributed by atoms with Crippen molar-refractivity contribution in [2.45, 2.75) is 11.0 Å². The zero-order valence-corrected chi connectivity index (χ0v) is 14.8. The van der Waals surface area contributed by atoms with Gasteiger partial charge in [0.1, 0.15) is 0 Å². The van der Waals surface area contributed by atoms with Crippen LogP contribution in [0.15, 0.2) is 47.4 Å². The summed E-state index contributed by atoms with van der Waals surface area (Å²) in [7, 11) is -3.64. The third-order valence-electron chi connectivity index (χ3n) is 4.25. The summed E-state index contributed by atoms with van der Waals surface area (Å²) in [5, 5.41) is 0.629. The summed E-state index contributed by atoms with van der Waals surface area (Å²) < 4.78 is 43.6. The van der Waals surface area contributed by atoms with Crippen molar-refractivity contribution in [3.05, 3.63) is 53.1 Å². The second kappa shape index (κ2) is 6.49. The highest BCUT2D eigenvalue weighted by atomic mass is 35.5. The average molecular weight is 382 g/mol. The zero-order valence-electron chi connectivity index (χ0n) is 13.2. The first kappa shape index (κ1) is 16.7. The van der Waals surface area contributed by atoms with Gasteiger partial charge in [0, 0.05) is 24.2 Å². The molecule has 1 atom stereocenters. The molecular formula is C17H16ClNO5S. The quantitative estimate of drug-likeness (QED) is 0.818. The van der Waals surface area contributed by atoms with Gasteiger partial charge in [-0.1, -0.05) is 23.7 Å². The molecule has 25 heavy (non-hydrogen) atoms. The molecule has 2 aliphatic rings. The molecule has 132 valence electrons. The number of ether oxygens (including phenoxy) is 3. The monoisotopic (exact) mass is 381 g/mol. The standard InChI is InChI=1S/C17H16ClNO5S/c18-13-3-1-12(2-4-13)17-10-19(7-8-22-17)25(20,21)14-5-6-15-16(9-14)24-11-23-15/h1-6,9,17H,7-8,10-11H2. The summed E-state index contributed by atoms with van der Waals surface area (Å²) in [6.07, 6.45) is -0.324. The van der Waals surface area contributed by atoms with E-state index in [1.54, 1.807) is 18.2 Å². The molecule has 6 nitrogen and oxygen atoms in total. The number of halogens is 1. The maximum atomic E-state index is 13.0. The first-order valence-corrected chi connectivity index (χ1v) is 9.63. The largest absolute Gasteiger partial charge is 0.454 e. The van der Waals surface area contributed by atoms with Crippen molar-refractivity contribution < 1.29 is 22.6 Å². The van der Waals surface area contributed by atoms with E-state index >= 15 is 0 Å². The zero-order chi connectivity index (χ0) is 17.4. The van der Waals surface area contributed by atoms with Gasteiger partial charge in [-0.3, -0.25) is 0 Å². The van der Waals surface area contributed by atoms with Gasteiger partial charge < -0.3 is 14.2 Å². The van der Waals surface area contributed by atoms with Gasteiger partial charge in [0.2, 0.25) is 16.8 Å². The van der Waals surface area contributed by atoms with E-state index in [0.29, 0.717) is 29.7 Å². The van der Waals surface area contributed by atoms with Crippen LogP contribution >= 0.6 is 11.6 Å². The molecule has 0 saturated carbocycles. The van der Waals surface area contributed by atoms with E-state index in [4.69, 9.17) is 25.8 Å².